The fraction of sp³-hybridized carbons (Fsp3) is 0.556. The van der Waals surface area contributed by atoms with Gasteiger partial charge in [0.25, 0.3) is 0 Å². The molecule has 0 spiro atoms. The zero-order valence-electron chi connectivity index (χ0n) is 13.9. The van der Waals surface area contributed by atoms with Crippen LogP contribution in [0.2, 0.25) is 0 Å². The lowest BCUT2D eigenvalue weighted by molar-refractivity contribution is -0.118. The van der Waals surface area contributed by atoms with Crippen molar-refractivity contribution < 1.29 is 4.79 Å². The standard InChI is InChI=1S/C18H27N3O/c1-14(2)13-21-17-10-7-6-9-16(17)20-18(21)11-5-4-8-12-19-15(3)22/h6-7,9-10,14H,4-5,8,11-13H2,1-3H3,(H,19,22). The van der Waals surface area contributed by atoms with Crippen molar-refractivity contribution in [2.75, 3.05) is 6.54 Å². The molecule has 0 saturated carbocycles. The number of carbonyl (C=O) groups is 1. The fourth-order valence-electron chi connectivity index (χ4n) is 2.73. The van der Waals surface area contributed by atoms with Crippen molar-refractivity contribution in [3.63, 3.8) is 0 Å². The van der Waals surface area contributed by atoms with Crippen LogP contribution in [0.5, 0.6) is 0 Å². The molecule has 0 saturated heterocycles. The van der Waals surface area contributed by atoms with Gasteiger partial charge in [-0.25, -0.2) is 4.98 Å². The van der Waals surface area contributed by atoms with Crippen LogP contribution < -0.4 is 5.32 Å². The van der Waals surface area contributed by atoms with E-state index in [0.717, 1.165) is 44.3 Å². The largest absolute Gasteiger partial charge is 0.356 e. The molecule has 120 valence electrons. The van der Waals surface area contributed by atoms with Crippen LogP contribution in [0.15, 0.2) is 24.3 Å². The molecule has 0 fully saturated rings. The van der Waals surface area contributed by atoms with Crippen molar-refractivity contribution in [1.82, 2.24) is 14.9 Å². The number of aryl methyl sites for hydroxylation is 1. The molecule has 2 rings (SSSR count). The molecule has 0 aliphatic carbocycles. The number of imidazole rings is 1. The van der Waals surface area contributed by atoms with Crippen molar-refractivity contribution in [2.24, 2.45) is 5.92 Å². The van der Waals surface area contributed by atoms with Gasteiger partial charge in [-0.05, 0) is 30.9 Å². The molecule has 22 heavy (non-hydrogen) atoms. The lowest BCUT2D eigenvalue weighted by Crippen LogP contribution is -2.20. The Hall–Kier alpha value is -1.84. The molecule has 0 unspecified atom stereocenters. The number of nitrogens with zero attached hydrogens (tertiary/aromatic N) is 2. The minimum atomic E-state index is 0.0544. The van der Waals surface area contributed by atoms with Gasteiger partial charge in [-0.15, -0.1) is 0 Å². The molecule has 4 nitrogen and oxygen atoms in total. The normalized spacial score (nSPS) is 11.3. The van der Waals surface area contributed by atoms with E-state index in [-0.39, 0.29) is 5.91 Å². The van der Waals surface area contributed by atoms with Gasteiger partial charge >= 0.3 is 0 Å². The third kappa shape index (κ3) is 4.58. The first-order valence-corrected chi connectivity index (χ1v) is 8.26. The molecule has 1 amide bonds. The molecular weight excluding hydrogens is 274 g/mol. The summed E-state index contributed by atoms with van der Waals surface area (Å²) >= 11 is 0. The number of hydrogen-bond donors (Lipinski definition) is 1. The van der Waals surface area contributed by atoms with Gasteiger partial charge in [0.05, 0.1) is 11.0 Å². The van der Waals surface area contributed by atoms with Crippen molar-refractivity contribution in [3.05, 3.63) is 30.1 Å². The lowest BCUT2D eigenvalue weighted by atomic mass is 10.1. The number of rotatable bonds is 8. The van der Waals surface area contributed by atoms with E-state index < -0.39 is 0 Å². The smallest absolute Gasteiger partial charge is 0.216 e. The summed E-state index contributed by atoms with van der Waals surface area (Å²) in [6.07, 6.45) is 4.26. The summed E-state index contributed by atoms with van der Waals surface area (Å²) in [6.45, 7) is 7.84. The van der Waals surface area contributed by atoms with Crippen LogP contribution in [-0.2, 0) is 17.8 Å². The fourth-order valence-corrected chi connectivity index (χ4v) is 2.73. The monoisotopic (exact) mass is 301 g/mol. The highest BCUT2D eigenvalue weighted by molar-refractivity contribution is 5.75. The third-order valence-electron chi connectivity index (χ3n) is 3.73. The van der Waals surface area contributed by atoms with Gasteiger partial charge in [-0.1, -0.05) is 32.4 Å². The SMILES string of the molecule is CC(=O)NCCCCCc1nc2ccccc2n1CC(C)C. The molecular formula is C18H27N3O. The van der Waals surface area contributed by atoms with Gasteiger partial charge in [-0.3, -0.25) is 4.79 Å². The van der Waals surface area contributed by atoms with Gasteiger partial charge in [0.1, 0.15) is 5.82 Å². The van der Waals surface area contributed by atoms with Gasteiger partial charge in [-0.2, -0.15) is 0 Å². The van der Waals surface area contributed by atoms with E-state index in [1.165, 1.54) is 11.3 Å². The van der Waals surface area contributed by atoms with E-state index in [1.54, 1.807) is 6.92 Å². The molecule has 0 bridgehead atoms. The van der Waals surface area contributed by atoms with E-state index in [9.17, 15) is 4.79 Å². The van der Waals surface area contributed by atoms with E-state index in [4.69, 9.17) is 4.98 Å². The highest BCUT2D eigenvalue weighted by atomic mass is 16.1. The summed E-state index contributed by atoms with van der Waals surface area (Å²) in [5.41, 5.74) is 2.33. The quantitative estimate of drug-likeness (QED) is 0.758. The Morgan fingerprint density at radius 2 is 2.00 bits per heavy atom. The molecule has 0 atom stereocenters. The molecule has 1 heterocycles. The van der Waals surface area contributed by atoms with Gasteiger partial charge in [0.15, 0.2) is 0 Å². The van der Waals surface area contributed by atoms with Crippen molar-refractivity contribution >= 4 is 16.9 Å². The molecule has 0 aliphatic heterocycles. The Morgan fingerprint density at radius 3 is 2.73 bits per heavy atom. The average Bonchev–Trinajstić information content (AvgIpc) is 2.80. The highest BCUT2D eigenvalue weighted by Crippen LogP contribution is 2.19. The number of carbonyl (C=O) groups excluding carboxylic acids is 1. The summed E-state index contributed by atoms with van der Waals surface area (Å²) in [6, 6.07) is 8.38. The minimum Gasteiger partial charge on any atom is -0.356 e. The highest BCUT2D eigenvalue weighted by Gasteiger charge is 2.11. The summed E-state index contributed by atoms with van der Waals surface area (Å²) in [5.74, 6) is 1.85. The maximum atomic E-state index is 10.8. The number of aromatic nitrogens is 2. The van der Waals surface area contributed by atoms with Crippen LogP contribution in [0.3, 0.4) is 0 Å². The van der Waals surface area contributed by atoms with Crippen molar-refractivity contribution in [3.8, 4) is 0 Å². The second-order valence-electron chi connectivity index (χ2n) is 6.31. The molecule has 4 heteroatoms. The first-order chi connectivity index (χ1) is 10.6. The summed E-state index contributed by atoms with van der Waals surface area (Å²) < 4.78 is 2.37. The van der Waals surface area contributed by atoms with Gasteiger partial charge < -0.3 is 9.88 Å². The average molecular weight is 301 g/mol. The predicted molar refractivity (Wildman–Crippen MR) is 90.8 cm³/mol. The number of amides is 1. The summed E-state index contributed by atoms with van der Waals surface area (Å²) in [7, 11) is 0. The summed E-state index contributed by atoms with van der Waals surface area (Å²) in [4.78, 5) is 15.6. The maximum Gasteiger partial charge on any atom is 0.216 e. The van der Waals surface area contributed by atoms with Crippen molar-refractivity contribution in [2.45, 2.75) is 53.0 Å². The molecule has 0 aliphatic rings. The Balaban J connectivity index is 1.96. The van der Waals surface area contributed by atoms with Gasteiger partial charge in [0.2, 0.25) is 5.91 Å². The second kappa shape index (κ2) is 7.97. The number of benzene rings is 1. The first kappa shape index (κ1) is 16.5. The van der Waals surface area contributed by atoms with E-state index >= 15 is 0 Å². The molecule has 1 aromatic heterocycles. The number of para-hydroxylation sites is 2. The molecule has 1 N–H and O–H groups in total. The Labute approximate surface area is 132 Å². The Kier molecular flexibility index (Phi) is 5.99. The topological polar surface area (TPSA) is 46.9 Å². The maximum absolute atomic E-state index is 10.8. The lowest BCUT2D eigenvalue weighted by Gasteiger charge is -2.11. The van der Waals surface area contributed by atoms with Crippen LogP contribution >= 0.6 is 0 Å². The Morgan fingerprint density at radius 1 is 1.23 bits per heavy atom. The number of nitrogens with one attached hydrogen (secondary N) is 1. The third-order valence-corrected chi connectivity index (χ3v) is 3.73. The number of unbranched alkanes of at least 4 members (excludes halogenated alkanes) is 2. The van der Waals surface area contributed by atoms with Crippen LogP contribution in [0, 0.1) is 5.92 Å². The second-order valence-corrected chi connectivity index (χ2v) is 6.31. The van der Waals surface area contributed by atoms with E-state index in [2.05, 4.69) is 41.9 Å². The number of hydrogen-bond acceptors (Lipinski definition) is 2. The van der Waals surface area contributed by atoms with E-state index in [1.807, 2.05) is 6.07 Å². The van der Waals surface area contributed by atoms with Gasteiger partial charge in [0, 0.05) is 26.4 Å². The molecule has 1 aromatic carbocycles. The summed E-state index contributed by atoms with van der Waals surface area (Å²) in [5, 5.41) is 2.84. The van der Waals surface area contributed by atoms with Crippen LogP contribution in [0.25, 0.3) is 11.0 Å². The first-order valence-electron chi connectivity index (χ1n) is 8.26. The molecule has 2 aromatic rings. The Bertz CT molecular complexity index is 616. The van der Waals surface area contributed by atoms with Crippen LogP contribution in [0.4, 0.5) is 0 Å². The number of fused-ring (bicyclic) bond motifs is 1. The minimum absolute atomic E-state index is 0.0544. The zero-order valence-corrected chi connectivity index (χ0v) is 13.9. The molecule has 0 radical (unpaired) electrons. The van der Waals surface area contributed by atoms with E-state index in [0.29, 0.717) is 5.92 Å². The van der Waals surface area contributed by atoms with Crippen molar-refractivity contribution in [1.29, 1.82) is 0 Å². The predicted octanol–water partition coefficient (Wildman–Crippen LogP) is 3.54. The van der Waals surface area contributed by atoms with Crippen LogP contribution in [0.1, 0.15) is 45.9 Å². The zero-order chi connectivity index (χ0) is 15.9. The van der Waals surface area contributed by atoms with Crippen LogP contribution in [-0.4, -0.2) is 22.0 Å².